The lowest BCUT2D eigenvalue weighted by atomic mass is 10.1. The maximum absolute atomic E-state index is 13.6. The van der Waals surface area contributed by atoms with Crippen LogP contribution in [0.1, 0.15) is 26.7 Å². The van der Waals surface area contributed by atoms with Gasteiger partial charge in [0.25, 0.3) is 0 Å². The smallest absolute Gasteiger partial charge is 0.248 e. The molecule has 1 aliphatic rings. The van der Waals surface area contributed by atoms with Gasteiger partial charge in [-0.15, -0.1) is 11.5 Å². The Hall–Kier alpha value is -2.94. The van der Waals surface area contributed by atoms with Crippen molar-refractivity contribution in [1.82, 2.24) is 35.7 Å². The Morgan fingerprint density at radius 3 is 2.79 bits per heavy atom. The van der Waals surface area contributed by atoms with Gasteiger partial charge in [0.1, 0.15) is 12.6 Å². The van der Waals surface area contributed by atoms with E-state index in [1.54, 1.807) is 30.5 Å². The predicted molar refractivity (Wildman–Crippen MR) is 128 cm³/mol. The van der Waals surface area contributed by atoms with Gasteiger partial charge in [0.05, 0.1) is 24.7 Å². The summed E-state index contributed by atoms with van der Waals surface area (Å²) in [5.74, 6) is 1.93. The number of carbonyl (C=O) groups is 2. The van der Waals surface area contributed by atoms with E-state index in [2.05, 4.69) is 32.1 Å². The normalized spacial score (nSPS) is 18.2. The van der Waals surface area contributed by atoms with Gasteiger partial charge < -0.3 is 20.3 Å². The van der Waals surface area contributed by atoms with Crippen molar-refractivity contribution in [2.45, 2.75) is 67.5 Å². The van der Waals surface area contributed by atoms with Crippen molar-refractivity contribution in [2.75, 3.05) is 20.2 Å². The first-order valence-electron chi connectivity index (χ1n) is 11.3. The molecule has 0 aliphatic carbocycles. The number of rotatable bonds is 11. The average molecular weight is 486 g/mol. The van der Waals surface area contributed by atoms with Gasteiger partial charge in [-0.25, -0.2) is 4.68 Å². The van der Waals surface area contributed by atoms with Crippen LogP contribution in [0.25, 0.3) is 0 Å². The van der Waals surface area contributed by atoms with Crippen molar-refractivity contribution in [3.63, 3.8) is 0 Å². The molecule has 0 spiro atoms. The molecule has 1 aromatic carbocycles. The third-order valence-corrected chi connectivity index (χ3v) is 6.77. The summed E-state index contributed by atoms with van der Waals surface area (Å²) in [6.07, 6.45) is 6.40. The first kappa shape index (κ1) is 25.7. The topological polar surface area (TPSA) is 114 Å². The fraction of sp³-hybridized carbons (Fsp3) is 0.522. The molecule has 3 rings (SSSR count). The third-order valence-electron chi connectivity index (χ3n) is 5.78. The largest absolute Gasteiger partial charge is 0.363 e. The number of benzene rings is 1. The number of terminal acetylenes is 1. The van der Waals surface area contributed by atoms with Gasteiger partial charge in [-0.05, 0) is 68.1 Å². The van der Waals surface area contributed by atoms with E-state index in [9.17, 15) is 9.59 Å². The Balaban J connectivity index is 1.74. The highest BCUT2D eigenvalue weighted by molar-refractivity contribution is 7.99. The van der Waals surface area contributed by atoms with Gasteiger partial charge in [0.2, 0.25) is 17.0 Å². The highest BCUT2D eigenvalue weighted by Crippen LogP contribution is 2.27. The minimum Gasteiger partial charge on any atom is -0.363 e. The van der Waals surface area contributed by atoms with Crippen molar-refractivity contribution >= 4 is 23.6 Å². The van der Waals surface area contributed by atoms with Gasteiger partial charge in [-0.3, -0.25) is 9.59 Å². The lowest BCUT2D eigenvalue weighted by Crippen LogP contribution is -2.58. The molecule has 1 aliphatic heterocycles. The summed E-state index contributed by atoms with van der Waals surface area (Å²) in [5.41, 5.74) is 0. The van der Waals surface area contributed by atoms with Crippen molar-refractivity contribution in [1.29, 1.82) is 0 Å². The number of hydrogen-bond donors (Lipinski definition) is 2. The molecule has 1 fully saturated rings. The lowest BCUT2D eigenvalue weighted by Gasteiger charge is -2.32. The van der Waals surface area contributed by atoms with Crippen LogP contribution in [0.2, 0.25) is 0 Å². The lowest BCUT2D eigenvalue weighted by molar-refractivity contribution is -0.141. The summed E-state index contributed by atoms with van der Waals surface area (Å²) < 4.78 is 7.34. The van der Waals surface area contributed by atoms with Crippen molar-refractivity contribution in [2.24, 2.45) is 0 Å². The standard InChI is InChI=1S/C23H31N7O3S/c1-5-14-33-17(3)20(25-21(31)16(2)24-4)22(32)29-13-9-10-18(29)15-30-23(26-27-28-30)34-19-11-7-6-8-12-19/h1,6-8,11-12,16-18,20,24H,9-10,13-15H2,2-4H3,(H,25,31)/t16?,17?,18-,20-/m0/s1. The van der Waals surface area contributed by atoms with Gasteiger partial charge in [-0.1, -0.05) is 24.1 Å². The highest BCUT2D eigenvalue weighted by Gasteiger charge is 2.38. The quantitative estimate of drug-likeness (QED) is 0.452. The van der Waals surface area contributed by atoms with E-state index in [-0.39, 0.29) is 24.5 Å². The van der Waals surface area contributed by atoms with Crippen LogP contribution in [0, 0.1) is 12.3 Å². The molecular weight excluding hydrogens is 454 g/mol. The molecule has 11 heteroatoms. The Kier molecular flexibility index (Phi) is 9.44. The molecule has 2 aromatic rings. The molecule has 10 nitrogen and oxygen atoms in total. The monoisotopic (exact) mass is 485 g/mol. The summed E-state index contributed by atoms with van der Waals surface area (Å²) in [7, 11) is 1.69. The van der Waals surface area contributed by atoms with E-state index in [1.165, 1.54) is 11.8 Å². The zero-order valence-corrected chi connectivity index (χ0v) is 20.5. The van der Waals surface area contributed by atoms with Crippen LogP contribution in [0.15, 0.2) is 40.4 Å². The van der Waals surface area contributed by atoms with Gasteiger partial charge in [-0.2, -0.15) is 0 Å². The molecule has 2 heterocycles. The number of aromatic nitrogens is 4. The molecule has 34 heavy (non-hydrogen) atoms. The van der Waals surface area contributed by atoms with Crippen LogP contribution in [0.4, 0.5) is 0 Å². The number of tetrazole rings is 1. The number of ether oxygens (including phenoxy) is 1. The zero-order valence-electron chi connectivity index (χ0n) is 19.7. The van der Waals surface area contributed by atoms with Gasteiger partial charge >= 0.3 is 0 Å². The van der Waals surface area contributed by atoms with Crippen LogP contribution in [0.5, 0.6) is 0 Å². The SMILES string of the molecule is C#CCOC(C)[C@H](NC(=O)C(C)NC)C(=O)N1CCC[C@H]1Cn1nnnc1Sc1ccccc1. The van der Waals surface area contributed by atoms with Crippen LogP contribution in [-0.2, 0) is 20.9 Å². The predicted octanol–water partition coefficient (Wildman–Crippen LogP) is 0.946. The molecule has 2 N–H and O–H groups in total. The maximum Gasteiger partial charge on any atom is 0.248 e. The Morgan fingerprint density at radius 2 is 2.09 bits per heavy atom. The minimum atomic E-state index is -0.857. The fourth-order valence-electron chi connectivity index (χ4n) is 3.74. The molecule has 0 bridgehead atoms. The highest BCUT2D eigenvalue weighted by atomic mass is 32.2. The summed E-state index contributed by atoms with van der Waals surface area (Å²) in [6.45, 7) is 4.57. The number of amides is 2. The van der Waals surface area contributed by atoms with E-state index in [1.807, 2.05) is 30.3 Å². The van der Waals surface area contributed by atoms with E-state index < -0.39 is 18.2 Å². The second-order valence-electron chi connectivity index (χ2n) is 8.10. The second-order valence-corrected chi connectivity index (χ2v) is 9.14. The summed E-state index contributed by atoms with van der Waals surface area (Å²) in [4.78, 5) is 29.0. The Labute approximate surface area is 204 Å². The zero-order chi connectivity index (χ0) is 24.5. The number of nitrogens with one attached hydrogen (secondary N) is 2. The number of hydrogen-bond acceptors (Lipinski definition) is 8. The molecular formula is C23H31N7O3S. The second kappa shape index (κ2) is 12.5. The minimum absolute atomic E-state index is 0.0521. The third kappa shape index (κ3) is 6.56. The fourth-order valence-corrected chi connectivity index (χ4v) is 4.53. The first-order chi connectivity index (χ1) is 16.4. The van der Waals surface area contributed by atoms with Crippen LogP contribution in [-0.4, -0.2) is 81.4 Å². The molecule has 0 saturated carbocycles. The molecule has 1 aromatic heterocycles. The molecule has 182 valence electrons. The van der Waals surface area contributed by atoms with Crippen molar-refractivity contribution in [3.8, 4) is 12.3 Å². The van der Waals surface area contributed by atoms with Crippen LogP contribution in [0.3, 0.4) is 0 Å². The molecule has 4 atom stereocenters. The van der Waals surface area contributed by atoms with Gasteiger partial charge in [0.15, 0.2) is 0 Å². The Morgan fingerprint density at radius 1 is 1.32 bits per heavy atom. The number of likely N-dealkylation sites (tertiary alicyclic amines) is 1. The summed E-state index contributed by atoms with van der Waals surface area (Å²) in [6, 6.07) is 8.44. The summed E-state index contributed by atoms with van der Waals surface area (Å²) >= 11 is 1.47. The van der Waals surface area contributed by atoms with E-state index >= 15 is 0 Å². The molecule has 2 unspecified atom stereocenters. The van der Waals surface area contributed by atoms with E-state index in [0.29, 0.717) is 18.2 Å². The van der Waals surface area contributed by atoms with Gasteiger partial charge in [0, 0.05) is 11.4 Å². The van der Waals surface area contributed by atoms with Crippen LogP contribution >= 0.6 is 11.8 Å². The van der Waals surface area contributed by atoms with Crippen LogP contribution < -0.4 is 10.6 Å². The van der Waals surface area contributed by atoms with Crippen molar-refractivity contribution in [3.05, 3.63) is 30.3 Å². The van der Waals surface area contributed by atoms with E-state index in [0.717, 1.165) is 17.7 Å². The summed E-state index contributed by atoms with van der Waals surface area (Å²) in [5, 5.41) is 18.5. The molecule has 0 radical (unpaired) electrons. The first-order valence-corrected chi connectivity index (χ1v) is 12.1. The van der Waals surface area contributed by atoms with Crippen molar-refractivity contribution < 1.29 is 14.3 Å². The van der Waals surface area contributed by atoms with E-state index in [4.69, 9.17) is 11.2 Å². The number of likely N-dealkylation sites (N-methyl/N-ethyl adjacent to an activating group) is 1. The number of carbonyl (C=O) groups excluding carboxylic acids is 2. The molecule has 2 amide bonds. The maximum atomic E-state index is 13.6. The Bertz CT molecular complexity index is 994. The number of nitrogens with zero attached hydrogens (tertiary/aromatic N) is 5. The average Bonchev–Trinajstić information content (AvgIpc) is 3.50. The molecule has 1 saturated heterocycles.